The third-order valence-corrected chi connectivity index (χ3v) is 3.10. The Hall–Kier alpha value is -1.82. The Morgan fingerprint density at radius 2 is 1.85 bits per heavy atom. The summed E-state index contributed by atoms with van der Waals surface area (Å²) in [5.41, 5.74) is 6.87. The van der Waals surface area contributed by atoms with Crippen LogP contribution in [0.5, 0.6) is 0 Å². The zero-order chi connectivity index (χ0) is 14.8. The molecular formula is C14H16F3N3. The van der Waals surface area contributed by atoms with Crippen LogP contribution >= 0.6 is 0 Å². The molecule has 0 fully saturated rings. The zero-order valence-electron chi connectivity index (χ0n) is 11.1. The molecule has 0 bridgehead atoms. The van der Waals surface area contributed by atoms with Crippen molar-refractivity contribution in [3.05, 3.63) is 53.3 Å². The summed E-state index contributed by atoms with van der Waals surface area (Å²) in [5, 5.41) is 4.17. The Morgan fingerprint density at radius 3 is 2.40 bits per heavy atom. The van der Waals surface area contributed by atoms with Gasteiger partial charge in [0.25, 0.3) is 0 Å². The molecule has 2 N–H and O–H groups in total. The Bertz CT molecular complexity index is 558. The summed E-state index contributed by atoms with van der Waals surface area (Å²) in [4.78, 5) is 0. The van der Waals surface area contributed by atoms with Gasteiger partial charge in [0.1, 0.15) is 0 Å². The molecule has 108 valence electrons. The molecule has 6 heteroatoms. The fraction of sp³-hybridized carbons (Fsp3) is 0.357. The van der Waals surface area contributed by atoms with Gasteiger partial charge in [0.2, 0.25) is 0 Å². The van der Waals surface area contributed by atoms with Crippen LogP contribution in [0.1, 0.15) is 36.2 Å². The summed E-state index contributed by atoms with van der Waals surface area (Å²) >= 11 is 0. The van der Waals surface area contributed by atoms with E-state index in [0.29, 0.717) is 5.56 Å². The minimum Gasteiger partial charge on any atom is -0.319 e. The van der Waals surface area contributed by atoms with E-state index in [-0.39, 0.29) is 0 Å². The molecule has 0 aliphatic rings. The molecule has 0 amide bonds. The maximum absolute atomic E-state index is 12.5. The molecule has 0 saturated heterocycles. The van der Waals surface area contributed by atoms with Gasteiger partial charge in [-0.15, -0.1) is 0 Å². The summed E-state index contributed by atoms with van der Waals surface area (Å²) < 4.78 is 39.3. The fourth-order valence-electron chi connectivity index (χ4n) is 2.06. The van der Waals surface area contributed by atoms with E-state index < -0.39 is 17.8 Å². The van der Waals surface area contributed by atoms with Gasteiger partial charge in [0.05, 0.1) is 17.3 Å². The molecule has 1 aromatic heterocycles. The van der Waals surface area contributed by atoms with Crippen LogP contribution < -0.4 is 5.73 Å². The van der Waals surface area contributed by atoms with Gasteiger partial charge in [0, 0.05) is 12.7 Å². The number of aryl methyl sites for hydroxylation is 1. The van der Waals surface area contributed by atoms with E-state index in [9.17, 15) is 13.2 Å². The van der Waals surface area contributed by atoms with Crippen molar-refractivity contribution in [1.29, 1.82) is 0 Å². The van der Waals surface area contributed by atoms with Crippen LogP contribution in [0.25, 0.3) is 0 Å². The van der Waals surface area contributed by atoms with Crippen molar-refractivity contribution >= 4 is 0 Å². The van der Waals surface area contributed by atoms with E-state index in [1.54, 1.807) is 16.9 Å². The second kappa shape index (κ2) is 5.66. The predicted octanol–water partition coefficient (Wildman–Crippen LogP) is 3.36. The Balaban J connectivity index is 2.25. The highest BCUT2D eigenvalue weighted by molar-refractivity contribution is 5.31. The zero-order valence-corrected chi connectivity index (χ0v) is 11.1. The van der Waals surface area contributed by atoms with Crippen molar-refractivity contribution in [2.24, 2.45) is 5.73 Å². The van der Waals surface area contributed by atoms with Gasteiger partial charge >= 0.3 is 6.18 Å². The van der Waals surface area contributed by atoms with Crippen LogP contribution in [-0.4, -0.2) is 9.78 Å². The van der Waals surface area contributed by atoms with Crippen LogP contribution in [0.3, 0.4) is 0 Å². The van der Waals surface area contributed by atoms with Crippen LogP contribution in [0.15, 0.2) is 36.5 Å². The van der Waals surface area contributed by atoms with Gasteiger partial charge in [-0.2, -0.15) is 18.3 Å². The maximum atomic E-state index is 12.5. The van der Waals surface area contributed by atoms with Crippen LogP contribution in [0.2, 0.25) is 0 Å². The standard InChI is InChI=1S/C14H16F3N3/c1-2-9-20-12(7-8-19-20)13(18)10-3-5-11(6-4-10)14(15,16)17/h3-8,13H,2,9,18H2,1H3. The normalized spacial score (nSPS) is 13.4. The molecule has 0 aliphatic carbocycles. The summed E-state index contributed by atoms with van der Waals surface area (Å²) in [5.74, 6) is 0. The number of hydrogen-bond donors (Lipinski definition) is 1. The topological polar surface area (TPSA) is 43.8 Å². The molecule has 2 rings (SSSR count). The number of nitrogens with zero attached hydrogens (tertiary/aromatic N) is 2. The van der Waals surface area contributed by atoms with Crippen molar-refractivity contribution in [3.63, 3.8) is 0 Å². The van der Waals surface area contributed by atoms with Crippen molar-refractivity contribution in [2.75, 3.05) is 0 Å². The summed E-state index contributed by atoms with van der Waals surface area (Å²) in [6.07, 6.45) is -1.77. The highest BCUT2D eigenvalue weighted by atomic mass is 19.4. The van der Waals surface area contributed by atoms with E-state index in [1.807, 2.05) is 6.92 Å². The third kappa shape index (κ3) is 3.01. The number of benzene rings is 1. The first-order valence-electron chi connectivity index (χ1n) is 6.38. The van der Waals surface area contributed by atoms with Crippen LogP contribution in [0.4, 0.5) is 13.2 Å². The van der Waals surface area contributed by atoms with E-state index >= 15 is 0 Å². The lowest BCUT2D eigenvalue weighted by Crippen LogP contribution is -2.18. The van der Waals surface area contributed by atoms with E-state index in [1.165, 1.54) is 12.1 Å². The Morgan fingerprint density at radius 1 is 1.20 bits per heavy atom. The largest absolute Gasteiger partial charge is 0.416 e. The SMILES string of the molecule is CCCn1nccc1C(N)c1ccc(C(F)(F)F)cc1. The van der Waals surface area contributed by atoms with Gasteiger partial charge in [-0.25, -0.2) is 0 Å². The molecule has 3 nitrogen and oxygen atoms in total. The summed E-state index contributed by atoms with van der Waals surface area (Å²) in [6, 6.07) is 6.24. The average Bonchev–Trinajstić information content (AvgIpc) is 2.86. The van der Waals surface area contributed by atoms with E-state index in [0.717, 1.165) is 30.8 Å². The highest BCUT2D eigenvalue weighted by Gasteiger charge is 2.30. The molecular weight excluding hydrogens is 267 g/mol. The first-order valence-corrected chi connectivity index (χ1v) is 6.38. The minimum absolute atomic E-state index is 0.480. The van der Waals surface area contributed by atoms with Gasteiger partial charge in [-0.3, -0.25) is 4.68 Å². The molecule has 0 aliphatic heterocycles. The quantitative estimate of drug-likeness (QED) is 0.935. The molecule has 0 saturated carbocycles. The fourth-order valence-corrected chi connectivity index (χ4v) is 2.06. The number of rotatable bonds is 4. The van der Waals surface area contributed by atoms with Crippen molar-refractivity contribution < 1.29 is 13.2 Å². The number of nitrogens with two attached hydrogens (primary N) is 1. The van der Waals surface area contributed by atoms with Crippen LogP contribution in [0, 0.1) is 0 Å². The van der Waals surface area contributed by atoms with Crippen molar-refractivity contribution in [1.82, 2.24) is 9.78 Å². The molecule has 20 heavy (non-hydrogen) atoms. The Labute approximate surface area is 115 Å². The Kier molecular flexibility index (Phi) is 4.13. The second-order valence-electron chi connectivity index (χ2n) is 4.58. The van der Waals surface area contributed by atoms with Crippen molar-refractivity contribution in [2.45, 2.75) is 32.1 Å². The molecule has 2 aromatic rings. The first-order chi connectivity index (χ1) is 9.43. The van der Waals surface area contributed by atoms with Gasteiger partial charge in [0.15, 0.2) is 0 Å². The van der Waals surface area contributed by atoms with E-state index in [2.05, 4.69) is 5.10 Å². The first kappa shape index (κ1) is 14.6. The third-order valence-electron chi connectivity index (χ3n) is 3.10. The number of aromatic nitrogens is 2. The molecule has 1 heterocycles. The van der Waals surface area contributed by atoms with Gasteiger partial charge in [-0.1, -0.05) is 19.1 Å². The lowest BCUT2D eigenvalue weighted by molar-refractivity contribution is -0.137. The lowest BCUT2D eigenvalue weighted by Gasteiger charge is -2.15. The van der Waals surface area contributed by atoms with Crippen LogP contribution in [-0.2, 0) is 12.7 Å². The molecule has 1 aromatic carbocycles. The lowest BCUT2D eigenvalue weighted by atomic mass is 10.0. The number of halogens is 3. The summed E-state index contributed by atoms with van der Waals surface area (Å²) in [7, 11) is 0. The van der Waals surface area contributed by atoms with Gasteiger partial charge < -0.3 is 5.73 Å². The second-order valence-corrected chi connectivity index (χ2v) is 4.58. The average molecular weight is 283 g/mol. The molecule has 0 radical (unpaired) electrons. The molecule has 1 unspecified atom stereocenters. The molecule has 0 spiro atoms. The monoisotopic (exact) mass is 283 g/mol. The highest BCUT2D eigenvalue weighted by Crippen LogP contribution is 2.30. The van der Waals surface area contributed by atoms with Crippen molar-refractivity contribution in [3.8, 4) is 0 Å². The number of hydrogen-bond acceptors (Lipinski definition) is 2. The summed E-state index contributed by atoms with van der Waals surface area (Å²) in [6.45, 7) is 2.76. The van der Waals surface area contributed by atoms with E-state index in [4.69, 9.17) is 5.73 Å². The maximum Gasteiger partial charge on any atom is 0.416 e. The minimum atomic E-state index is -4.33. The molecule has 1 atom stereocenters. The number of alkyl halides is 3. The predicted molar refractivity (Wildman–Crippen MR) is 70.0 cm³/mol. The smallest absolute Gasteiger partial charge is 0.319 e. The van der Waals surface area contributed by atoms with Gasteiger partial charge in [-0.05, 0) is 30.2 Å².